The molecule has 8 nitrogen and oxygen atoms in total. The monoisotopic (exact) mass is 438 g/mol. The van der Waals surface area contributed by atoms with Crippen molar-refractivity contribution in [2.24, 2.45) is 5.92 Å². The summed E-state index contributed by atoms with van der Waals surface area (Å²) in [5, 5.41) is 8.80. The van der Waals surface area contributed by atoms with Crippen LogP contribution in [0.25, 0.3) is 11.5 Å². The van der Waals surface area contributed by atoms with Crippen LogP contribution in [0.3, 0.4) is 0 Å². The summed E-state index contributed by atoms with van der Waals surface area (Å²) in [4.78, 5) is 14.9. The third-order valence-corrected chi connectivity index (χ3v) is 6.86. The van der Waals surface area contributed by atoms with Crippen LogP contribution in [0.15, 0.2) is 28.7 Å². The second-order valence-electron chi connectivity index (χ2n) is 7.67. The van der Waals surface area contributed by atoms with Gasteiger partial charge in [-0.25, -0.2) is 12.7 Å². The molecule has 2 fully saturated rings. The molecule has 4 rings (SSSR count). The summed E-state index contributed by atoms with van der Waals surface area (Å²) in [6.07, 6.45) is 4.44. The van der Waals surface area contributed by atoms with Gasteiger partial charge in [0.15, 0.2) is 0 Å². The Kier molecular flexibility index (Phi) is 5.63. The first-order valence-electron chi connectivity index (χ1n) is 9.65. The molecule has 1 aromatic carbocycles. The van der Waals surface area contributed by atoms with Crippen molar-refractivity contribution in [3.05, 3.63) is 35.2 Å². The Morgan fingerprint density at radius 2 is 1.97 bits per heavy atom. The van der Waals surface area contributed by atoms with Crippen LogP contribution in [-0.2, 0) is 21.4 Å². The molecule has 0 bridgehead atoms. The number of hydrogen-bond acceptors (Lipinski definition) is 6. The maximum absolute atomic E-state index is 13.2. The fraction of sp³-hybridized carbons (Fsp3) is 0.526. The molecule has 10 heteroatoms. The Bertz CT molecular complexity index is 988. The fourth-order valence-corrected chi connectivity index (χ4v) is 4.66. The highest BCUT2D eigenvalue weighted by Gasteiger charge is 2.39. The van der Waals surface area contributed by atoms with E-state index < -0.39 is 10.0 Å². The Labute approximate surface area is 174 Å². The molecule has 1 aromatic heterocycles. The molecule has 1 aliphatic carbocycles. The van der Waals surface area contributed by atoms with E-state index in [1.165, 1.54) is 10.6 Å². The lowest BCUT2D eigenvalue weighted by atomic mass is 9.98. The quantitative estimate of drug-likeness (QED) is 0.687. The van der Waals surface area contributed by atoms with Crippen LogP contribution in [0.5, 0.6) is 0 Å². The lowest BCUT2D eigenvalue weighted by molar-refractivity contribution is -0.138. The molecule has 1 amide bonds. The van der Waals surface area contributed by atoms with E-state index in [9.17, 15) is 13.2 Å². The number of piperidine rings is 1. The Hall–Kier alpha value is -1.97. The lowest BCUT2D eigenvalue weighted by Gasteiger charge is -2.33. The highest BCUT2D eigenvalue weighted by atomic mass is 35.5. The molecular weight excluding hydrogens is 416 g/mol. The van der Waals surface area contributed by atoms with Gasteiger partial charge in [-0.1, -0.05) is 11.6 Å². The molecule has 0 spiro atoms. The number of aromatic nitrogens is 2. The SMILES string of the molecule is CS(=O)(=O)N1CCCC(C(=O)N(Cc2nnc(-c3ccc(Cl)cc3)o2)C2CC2)C1. The first-order valence-corrected chi connectivity index (χ1v) is 11.9. The Balaban J connectivity index is 1.47. The Morgan fingerprint density at radius 1 is 1.24 bits per heavy atom. The molecule has 1 aliphatic heterocycles. The van der Waals surface area contributed by atoms with Gasteiger partial charge in [0.1, 0.15) is 0 Å². The third kappa shape index (κ3) is 4.79. The second kappa shape index (κ2) is 8.04. The molecular formula is C19H23ClN4O4S. The van der Waals surface area contributed by atoms with Gasteiger partial charge in [0.25, 0.3) is 0 Å². The highest BCUT2D eigenvalue weighted by Crippen LogP contribution is 2.32. The maximum atomic E-state index is 13.2. The van der Waals surface area contributed by atoms with Gasteiger partial charge in [-0.2, -0.15) is 0 Å². The van der Waals surface area contributed by atoms with Gasteiger partial charge in [-0.15, -0.1) is 10.2 Å². The van der Waals surface area contributed by atoms with Crippen molar-refractivity contribution in [1.82, 2.24) is 19.4 Å². The standard InChI is InChI=1S/C19H23ClN4O4S/c1-29(26,27)23-10-2-3-14(11-23)19(25)24(16-8-9-16)12-17-21-22-18(28-17)13-4-6-15(20)7-5-13/h4-7,14,16H,2-3,8-12H2,1H3. The molecule has 2 heterocycles. The van der Waals surface area contributed by atoms with Crippen molar-refractivity contribution in [3.8, 4) is 11.5 Å². The van der Waals surface area contributed by atoms with E-state index in [0.717, 1.165) is 18.4 Å². The van der Waals surface area contributed by atoms with Gasteiger partial charge < -0.3 is 9.32 Å². The van der Waals surface area contributed by atoms with Crippen LogP contribution in [0, 0.1) is 5.92 Å². The van der Waals surface area contributed by atoms with E-state index in [2.05, 4.69) is 10.2 Å². The summed E-state index contributed by atoms with van der Waals surface area (Å²) in [6, 6.07) is 7.24. The van der Waals surface area contributed by atoms with Gasteiger partial charge in [-0.3, -0.25) is 4.79 Å². The molecule has 2 aromatic rings. The number of hydrogen-bond donors (Lipinski definition) is 0. The zero-order valence-electron chi connectivity index (χ0n) is 16.1. The molecule has 2 aliphatic rings. The number of amides is 1. The highest BCUT2D eigenvalue weighted by molar-refractivity contribution is 7.88. The first-order chi connectivity index (χ1) is 13.8. The van der Waals surface area contributed by atoms with Crippen LogP contribution < -0.4 is 0 Å². The van der Waals surface area contributed by atoms with Crippen molar-refractivity contribution in [3.63, 3.8) is 0 Å². The van der Waals surface area contributed by atoms with Gasteiger partial charge in [0.05, 0.1) is 18.7 Å². The minimum absolute atomic E-state index is 0.0351. The zero-order valence-corrected chi connectivity index (χ0v) is 17.7. The van der Waals surface area contributed by atoms with Crippen molar-refractivity contribution in [2.45, 2.75) is 38.3 Å². The third-order valence-electron chi connectivity index (χ3n) is 5.34. The lowest BCUT2D eigenvalue weighted by Crippen LogP contribution is -2.46. The molecule has 156 valence electrons. The predicted molar refractivity (Wildman–Crippen MR) is 107 cm³/mol. The average Bonchev–Trinajstić information content (AvgIpc) is 3.43. The molecule has 1 saturated heterocycles. The molecule has 0 radical (unpaired) electrons. The van der Waals surface area contributed by atoms with E-state index in [1.54, 1.807) is 29.2 Å². The van der Waals surface area contributed by atoms with Gasteiger partial charge in [0.2, 0.25) is 27.7 Å². The van der Waals surface area contributed by atoms with Crippen molar-refractivity contribution in [1.29, 1.82) is 0 Å². The predicted octanol–water partition coefficient (Wildman–Crippen LogP) is 2.55. The van der Waals surface area contributed by atoms with Crippen molar-refractivity contribution >= 4 is 27.5 Å². The largest absolute Gasteiger partial charge is 0.419 e. The number of carbonyl (C=O) groups excluding carboxylic acids is 1. The van der Waals surface area contributed by atoms with Crippen LogP contribution in [0.1, 0.15) is 31.6 Å². The number of benzene rings is 1. The van der Waals surface area contributed by atoms with Crippen LogP contribution >= 0.6 is 11.6 Å². The summed E-state index contributed by atoms with van der Waals surface area (Å²) in [6.45, 7) is 0.945. The topological polar surface area (TPSA) is 96.6 Å². The Morgan fingerprint density at radius 3 is 2.62 bits per heavy atom. The summed E-state index contributed by atoms with van der Waals surface area (Å²) in [7, 11) is -3.30. The van der Waals surface area contributed by atoms with Crippen molar-refractivity contribution in [2.75, 3.05) is 19.3 Å². The minimum Gasteiger partial charge on any atom is -0.419 e. The molecule has 1 unspecified atom stereocenters. The number of nitrogens with zero attached hydrogens (tertiary/aromatic N) is 4. The van der Waals surface area contributed by atoms with Crippen molar-refractivity contribution < 1.29 is 17.6 Å². The summed E-state index contributed by atoms with van der Waals surface area (Å²) in [5.74, 6) is 0.372. The smallest absolute Gasteiger partial charge is 0.247 e. The van der Waals surface area contributed by atoms with E-state index in [-0.39, 0.29) is 31.0 Å². The van der Waals surface area contributed by atoms with Crippen LogP contribution in [0.4, 0.5) is 0 Å². The van der Waals surface area contributed by atoms with Crippen LogP contribution in [0.2, 0.25) is 5.02 Å². The minimum atomic E-state index is -3.30. The summed E-state index contributed by atoms with van der Waals surface area (Å²) >= 11 is 5.91. The van der Waals surface area contributed by atoms with E-state index in [0.29, 0.717) is 36.2 Å². The fourth-order valence-electron chi connectivity index (χ4n) is 3.63. The summed E-state index contributed by atoms with van der Waals surface area (Å²) < 4.78 is 30.9. The number of sulfonamides is 1. The second-order valence-corrected chi connectivity index (χ2v) is 10.1. The molecule has 1 atom stereocenters. The molecule has 0 N–H and O–H groups in total. The van der Waals surface area contributed by atoms with Gasteiger partial charge in [-0.05, 0) is 49.9 Å². The number of rotatable bonds is 6. The molecule has 1 saturated carbocycles. The zero-order chi connectivity index (χ0) is 20.6. The normalized spacial score (nSPS) is 20.6. The average molecular weight is 439 g/mol. The number of halogens is 1. The van der Waals surface area contributed by atoms with Gasteiger partial charge in [0, 0.05) is 29.7 Å². The number of carbonyl (C=O) groups is 1. The first kappa shape index (κ1) is 20.3. The summed E-state index contributed by atoms with van der Waals surface area (Å²) in [5.41, 5.74) is 0.758. The van der Waals surface area contributed by atoms with Crippen LogP contribution in [-0.4, -0.2) is 59.1 Å². The maximum Gasteiger partial charge on any atom is 0.247 e. The van der Waals surface area contributed by atoms with E-state index in [1.807, 2.05) is 0 Å². The van der Waals surface area contributed by atoms with E-state index >= 15 is 0 Å². The van der Waals surface area contributed by atoms with Gasteiger partial charge >= 0.3 is 0 Å². The molecule has 29 heavy (non-hydrogen) atoms. The van der Waals surface area contributed by atoms with E-state index in [4.69, 9.17) is 16.0 Å².